The van der Waals surface area contributed by atoms with Gasteiger partial charge in [-0.1, -0.05) is 17.3 Å². The molecular weight excluding hydrogens is 392 g/mol. The van der Waals surface area contributed by atoms with E-state index in [-0.39, 0.29) is 0 Å². The van der Waals surface area contributed by atoms with Crippen molar-refractivity contribution < 1.29 is 9.47 Å². The lowest BCUT2D eigenvalue weighted by Gasteiger charge is -2.07. The number of aromatic nitrogens is 6. The van der Waals surface area contributed by atoms with Crippen molar-refractivity contribution in [3.05, 3.63) is 72.6 Å². The van der Waals surface area contributed by atoms with Crippen LogP contribution >= 0.6 is 0 Å². The minimum Gasteiger partial charge on any atom is -0.475 e. The molecule has 0 aliphatic heterocycles. The van der Waals surface area contributed by atoms with Crippen molar-refractivity contribution in [1.29, 1.82) is 0 Å². The summed E-state index contributed by atoms with van der Waals surface area (Å²) in [6.45, 7) is 1.55. The quantitative estimate of drug-likeness (QED) is 0.378. The predicted molar refractivity (Wildman–Crippen MR) is 117 cm³/mol. The number of methoxy groups -OCH3 is 1. The van der Waals surface area contributed by atoms with Gasteiger partial charge in [0, 0.05) is 36.5 Å². The summed E-state index contributed by atoms with van der Waals surface area (Å²) in [4.78, 5) is 13.5. The van der Waals surface area contributed by atoms with E-state index < -0.39 is 0 Å². The normalized spacial score (nSPS) is 11.3. The molecule has 4 aromatic heterocycles. The Balaban J connectivity index is 1.41. The lowest BCUT2D eigenvalue weighted by molar-refractivity contribution is 0.144. The van der Waals surface area contributed by atoms with Gasteiger partial charge in [-0.25, -0.2) is 14.6 Å². The lowest BCUT2D eigenvalue weighted by atomic mass is 10.1. The Morgan fingerprint density at radius 2 is 1.87 bits per heavy atom. The predicted octanol–water partition coefficient (Wildman–Crippen LogP) is 3.51. The molecule has 5 rings (SSSR count). The van der Waals surface area contributed by atoms with E-state index >= 15 is 0 Å². The highest BCUT2D eigenvalue weighted by Crippen LogP contribution is 2.22. The van der Waals surface area contributed by atoms with Gasteiger partial charge in [0.2, 0.25) is 5.88 Å². The Morgan fingerprint density at radius 3 is 2.74 bits per heavy atom. The van der Waals surface area contributed by atoms with E-state index in [1.165, 1.54) is 0 Å². The van der Waals surface area contributed by atoms with E-state index in [0.29, 0.717) is 25.6 Å². The molecule has 0 aliphatic rings. The topological polar surface area (TPSA) is 87.8 Å². The SMILES string of the molecule is COCCOc1ccc(-c2ccc3nnn(Cc4ccc5ncccc5c4)c3n2)cn1. The van der Waals surface area contributed by atoms with Crippen LogP contribution in [-0.2, 0) is 11.3 Å². The third kappa shape index (κ3) is 4.06. The second-order valence-electron chi connectivity index (χ2n) is 7.04. The molecule has 0 atom stereocenters. The van der Waals surface area contributed by atoms with E-state index in [1.54, 1.807) is 19.5 Å². The first-order chi connectivity index (χ1) is 15.3. The zero-order chi connectivity index (χ0) is 21.0. The molecule has 0 N–H and O–H groups in total. The van der Waals surface area contributed by atoms with Gasteiger partial charge in [0.15, 0.2) is 5.65 Å². The first-order valence-corrected chi connectivity index (χ1v) is 9.92. The number of pyridine rings is 3. The third-order valence-corrected chi connectivity index (χ3v) is 4.93. The van der Waals surface area contributed by atoms with Crippen molar-refractivity contribution >= 4 is 22.1 Å². The number of fused-ring (bicyclic) bond motifs is 2. The summed E-state index contributed by atoms with van der Waals surface area (Å²) >= 11 is 0. The van der Waals surface area contributed by atoms with Gasteiger partial charge in [-0.3, -0.25) is 4.98 Å². The zero-order valence-corrected chi connectivity index (χ0v) is 17.0. The molecule has 5 aromatic rings. The number of benzene rings is 1. The Hall–Kier alpha value is -3.91. The Labute approximate surface area is 178 Å². The highest BCUT2D eigenvalue weighted by atomic mass is 16.5. The fourth-order valence-corrected chi connectivity index (χ4v) is 3.36. The van der Waals surface area contributed by atoms with E-state index in [2.05, 4.69) is 38.5 Å². The van der Waals surface area contributed by atoms with Gasteiger partial charge in [0.25, 0.3) is 0 Å². The maximum absolute atomic E-state index is 5.53. The second kappa shape index (κ2) is 8.45. The van der Waals surface area contributed by atoms with Crippen molar-refractivity contribution in [2.24, 2.45) is 0 Å². The number of ether oxygens (including phenoxy) is 2. The van der Waals surface area contributed by atoms with Crippen LogP contribution in [0.2, 0.25) is 0 Å². The minimum absolute atomic E-state index is 0.461. The maximum atomic E-state index is 5.53. The summed E-state index contributed by atoms with van der Waals surface area (Å²) in [6.07, 6.45) is 3.55. The zero-order valence-electron chi connectivity index (χ0n) is 17.0. The third-order valence-electron chi connectivity index (χ3n) is 4.93. The number of hydrogen-bond donors (Lipinski definition) is 0. The molecule has 0 unspecified atom stereocenters. The smallest absolute Gasteiger partial charge is 0.213 e. The molecule has 8 nitrogen and oxygen atoms in total. The van der Waals surface area contributed by atoms with Crippen LogP contribution in [0.5, 0.6) is 5.88 Å². The molecule has 1 aromatic carbocycles. The molecule has 0 fully saturated rings. The van der Waals surface area contributed by atoms with Crippen LogP contribution in [0.15, 0.2) is 67.0 Å². The Kier molecular flexibility index (Phi) is 5.20. The van der Waals surface area contributed by atoms with Crippen LogP contribution in [0.25, 0.3) is 33.3 Å². The Morgan fingerprint density at radius 1 is 0.935 bits per heavy atom. The van der Waals surface area contributed by atoms with Gasteiger partial charge in [0.05, 0.1) is 24.4 Å². The van der Waals surface area contributed by atoms with E-state index in [4.69, 9.17) is 14.5 Å². The van der Waals surface area contributed by atoms with Gasteiger partial charge < -0.3 is 9.47 Å². The summed E-state index contributed by atoms with van der Waals surface area (Å²) in [5.41, 5.74) is 5.25. The molecule has 154 valence electrons. The van der Waals surface area contributed by atoms with Crippen LogP contribution in [-0.4, -0.2) is 50.3 Å². The molecule has 0 aliphatic carbocycles. The standard InChI is InChI=1S/C23H20N6O2/c1-30-11-12-31-22-9-5-18(14-25-22)20-7-8-21-23(26-20)29(28-27-21)15-16-4-6-19-17(13-16)3-2-10-24-19/h2-10,13-14H,11-12,15H2,1H3. The molecule has 0 saturated heterocycles. The first-order valence-electron chi connectivity index (χ1n) is 9.92. The molecule has 0 spiro atoms. The molecule has 0 bridgehead atoms. The van der Waals surface area contributed by atoms with Gasteiger partial charge >= 0.3 is 0 Å². The van der Waals surface area contributed by atoms with Crippen molar-refractivity contribution in [3.8, 4) is 17.1 Å². The average Bonchev–Trinajstić information content (AvgIpc) is 3.21. The van der Waals surface area contributed by atoms with Gasteiger partial charge in [-0.05, 0) is 42.0 Å². The van der Waals surface area contributed by atoms with Gasteiger partial charge in [-0.2, -0.15) is 0 Å². The highest BCUT2D eigenvalue weighted by Gasteiger charge is 2.10. The largest absolute Gasteiger partial charge is 0.475 e. The average molecular weight is 412 g/mol. The summed E-state index contributed by atoms with van der Waals surface area (Å²) in [7, 11) is 1.64. The summed E-state index contributed by atoms with van der Waals surface area (Å²) in [6, 6.07) is 17.8. The molecule has 31 heavy (non-hydrogen) atoms. The molecule has 4 heterocycles. The maximum Gasteiger partial charge on any atom is 0.213 e. The van der Waals surface area contributed by atoms with Gasteiger partial charge in [0.1, 0.15) is 12.1 Å². The number of hydrogen-bond acceptors (Lipinski definition) is 7. The van der Waals surface area contributed by atoms with Crippen LogP contribution in [0.3, 0.4) is 0 Å². The fraction of sp³-hybridized carbons (Fsp3) is 0.174. The Bertz CT molecular complexity index is 1330. The van der Waals surface area contributed by atoms with Crippen molar-refractivity contribution in [1.82, 2.24) is 29.9 Å². The van der Waals surface area contributed by atoms with Crippen molar-refractivity contribution in [3.63, 3.8) is 0 Å². The minimum atomic E-state index is 0.461. The summed E-state index contributed by atoms with van der Waals surface area (Å²) in [5.74, 6) is 0.555. The number of rotatable bonds is 7. The highest BCUT2D eigenvalue weighted by molar-refractivity contribution is 5.79. The van der Waals surface area contributed by atoms with Crippen LogP contribution < -0.4 is 4.74 Å². The van der Waals surface area contributed by atoms with Gasteiger partial charge in [-0.15, -0.1) is 5.10 Å². The monoisotopic (exact) mass is 412 g/mol. The summed E-state index contributed by atoms with van der Waals surface area (Å²) in [5, 5.41) is 9.66. The molecule has 0 amide bonds. The van der Waals surface area contributed by atoms with E-state index in [9.17, 15) is 0 Å². The molecule has 0 saturated carbocycles. The van der Waals surface area contributed by atoms with Crippen LogP contribution in [0.4, 0.5) is 0 Å². The van der Waals surface area contributed by atoms with Crippen LogP contribution in [0.1, 0.15) is 5.56 Å². The lowest BCUT2D eigenvalue weighted by Crippen LogP contribution is -2.05. The molecule has 8 heteroatoms. The van der Waals surface area contributed by atoms with Crippen molar-refractivity contribution in [2.45, 2.75) is 6.54 Å². The number of nitrogens with zero attached hydrogens (tertiary/aromatic N) is 6. The van der Waals surface area contributed by atoms with E-state index in [0.717, 1.165) is 38.9 Å². The van der Waals surface area contributed by atoms with E-state index in [1.807, 2.05) is 41.1 Å². The first kappa shape index (κ1) is 19.1. The van der Waals surface area contributed by atoms with Crippen molar-refractivity contribution in [2.75, 3.05) is 20.3 Å². The molecule has 0 radical (unpaired) electrons. The van der Waals surface area contributed by atoms with Crippen LogP contribution in [0, 0.1) is 0 Å². The second-order valence-corrected chi connectivity index (χ2v) is 7.04. The molecular formula is C23H20N6O2. The fourth-order valence-electron chi connectivity index (χ4n) is 3.36. The summed E-state index contributed by atoms with van der Waals surface area (Å²) < 4.78 is 12.3.